The smallest absolute Gasteiger partial charge is 0.128 e. The first kappa shape index (κ1) is 14.8. The van der Waals surface area contributed by atoms with Crippen molar-refractivity contribution in [2.45, 2.75) is 39.2 Å². The van der Waals surface area contributed by atoms with Crippen LogP contribution in [0.4, 0.5) is 5.82 Å². The lowest BCUT2D eigenvalue weighted by Gasteiger charge is -2.36. The van der Waals surface area contributed by atoms with Crippen LogP contribution in [0.15, 0.2) is 12.1 Å². The number of likely N-dealkylation sites (tertiary alicyclic amines) is 1. The number of aryl methyl sites for hydroxylation is 1. The third-order valence-electron chi connectivity index (χ3n) is 4.83. The third-order valence-corrected chi connectivity index (χ3v) is 4.83. The zero-order valence-corrected chi connectivity index (χ0v) is 13.3. The quantitative estimate of drug-likeness (QED) is 0.855. The van der Waals surface area contributed by atoms with Crippen molar-refractivity contribution in [1.29, 1.82) is 0 Å². The van der Waals surface area contributed by atoms with Crippen molar-refractivity contribution >= 4 is 5.82 Å². The zero-order chi connectivity index (χ0) is 14.7. The van der Waals surface area contributed by atoms with E-state index >= 15 is 0 Å². The maximum absolute atomic E-state index is 5.42. The molecule has 0 aliphatic carbocycles. The molecule has 0 bridgehead atoms. The van der Waals surface area contributed by atoms with Crippen LogP contribution >= 0.6 is 0 Å². The van der Waals surface area contributed by atoms with Gasteiger partial charge in [-0.15, -0.1) is 0 Å². The van der Waals surface area contributed by atoms with Gasteiger partial charge >= 0.3 is 0 Å². The molecular formula is C17H27N3O. The number of ether oxygens (including phenoxy) is 1. The monoisotopic (exact) mass is 289 g/mol. The van der Waals surface area contributed by atoms with E-state index in [0.717, 1.165) is 38.7 Å². The highest BCUT2D eigenvalue weighted by atomic mass is 16.5. The SMILES string of the molecule is CCN1CCCC[C@H]1c1ccc(N2CCOCC2)nc1C. The van der Waals surface area contributed by atoms with E-state index in [2.05, 4.69) is 35.8 Å². The molecule has 3 heterocycles. The normalized spacial score (nSPS) is 24.3. The Bertz CT molecular complexity index is 471. The zero-order valence-electron chi connectivity index (χ0n) is 13.3. The van der Waals surface area contributed by atoms with Gasteiger partial charge < -0.3 is 9.64 Å². The number of rotatable bonds is 3. The van der Waals surface area contributed by atoms with Crippen LogP contribution < -0.4 is 4.90 Å². The second-order valence-corrected chi connectivity index (χ2v) is 6.08. The van der Waals surface area contributed by atoms with Crippen LogP contribution in [0.3, 0.4) is 0 Å². The van der Waals surface area contributed by atoms with Crippen molar-refractivity contribution in [1.82, 2.24) is 9.88 Å². The maximum Gasteiger partial charge on any atom is 0.128 e. The fraction of sp³-hybridized carbons (Fsp3) is 0.706. The number of hydrogen-bond acceptors (Lipinski definition) is 4. The van der Waals surface area contributed by atoms with Gasteiger partial charge in [0, 0.05) is 24.8 Å². The first-order valence-electron chi connectivity index (χ1n) is 8.34. The van der Waals surface area contributed by atoms with Gasteiger partial charge in [-0.05, 0) is 44.5 Å². The molecule has 1 atom stereocenters. The summed E-state index contributed by atoms with van der Waals surface area (Å²) in [5.41, 5.74) is 2.62. The molecule has 1 aromatic rings. The van der Waals surface area contributed by atoms with Crippen molar-refractivity contribution in [2.24, 2.45) is 0 Å². The summed E-state index contributed by atoms with van der Waals surface area (Å²) >= 11 is 0. The third kappa shape index (κ3) is 3.22. The van der Waals surface area contributed by atoms with Gasteiger partial charge in [0.05, 0.1) is 13.2 Å². The molecule has 21 heavy (non-hydrogen) atoms. The molecule has 0 aromatic carbocycles. The van der Waals surface area contributed by atoms with Crippen molar-refractivity contribution in [2.75, 3.05) is 44.3 Å². The molecule has 0 radical (unpaired) electrons. The molecular weight excluding hydrogens is 262 g/mol. The predicted octanol–water partition coefficient (Wildman–Crippen LogP) is 2.77. The molecule has 0 unspecified atom stereocenters. The molecule has 2 aliphatic heterocycles. The van der Waals surface area contributed by atoms with E-state index in [1.165, 1.54) is 37.1 Å². The van der Waals surface area contributed by atoms with Crippen LogP contribution in [-0.4, -0.2) is 49.3 Å². The average Bonchev–Trinajstić information content (AvgIpc) is 2.55. The van der Waals surface area contributed by atoms with Crippen molar-refractivity contribution in [3.8, 4) is 0 Å². The molecule has 0 amide bonds. The van der Waals surface area contributed by atoms with Crippen LogP contribution in [0.2, 0.25) is 0 Å². The Kier molecular flexibility index (Phi) is 4.76. The summed E-state index contributed by atoms with van der Waals surface area (Å²) in [5.74, 6) is 1.11. The van der Waals surface area contributed by atoms with E-state index in [0.29, 0.717) is 6.04 Å². The summed E-state index contributed by atoms with van der Waals surface area (Å²) < 4.78 is 5.42. The number of morpholine rings is 1. The van der Waals surface area contributed by atoms with Gasteiger partial charge in [0.1, 0.15) is 5.82 Å². The summed E-state index contributed by atoms with van der Waals surface area (Å²) in [5, 5.41) is 0. The number of pyridine rings is 1. The lowest BCUT2D eigenvalue weighted by atomic mass is 9.94. The van der Waals surface area contributed by atoms with E-state index in [-0.39, 0.29) is 0 Å². The van der Waals surface area contributed by atoms with E-state index in [9.17, 15) is 0 Å². The first-order valence-corrected chi connectivity index (χ1v) is 8.34. The number of anilines is 1. The Morgan fingerprint density at radius 3 is 2.71 bits per heavy atom. The van der Waals surface area contributed by atoms with Gasteiger partial charge in [0.25, 0.3) is 0 Å². The second kappa shape index (κ2) is 6.75. The van der Waals surface area contributed by atoms with Crippen LogP contribution in [0.25, 0.3) is 0 Å². The Labute approximate surface area is 128 Å². The van der Waals surface area contributed by atoms with Gasteiger partial charge in [0.2, 0.25) is 0 Å². The van der Waals surface area contributed by atoms with Crippen LogP contribution in [0, 0.1) is 6.92 Å². The Hall–Kier alpha value is -1.13. The van der Waals surface area contributed by atoms with Gasteiger partial charge in [-0.2, -0.15) is 0 Å². The van der Waals surface area contributed by atoms with Crippen LogP contribution in [-0.2, 0) is 4.74 Å². The molecule has 0 saturated carbocycles. The van der Waals surface area contributed by atoms with E-state index in [4.69, 9.17) is 9.72 Å². The summed E-state index contributed by atoms with van der Waals surface area (Å²) in [6, 6.07) is 5.08. The number of nitrogens with zero attached hydrogens (tertiary/aromatic N) is 3. The molecule has 1 aromatic heterocycles. The average molecular weight is 289 g/mol. The van der Waals surface area contributed by atoms with Gasteiger partial charge in [-0.3, -0.25) is 4.90 Å². The molecule has 0 spiro atoms. The molecule has 2 aliphatic rings. The lowest BCUT2D eigenvalue weighted by Crippen LogP contribution is -2.37. The molecule has 4 heteroatoms. The summed E-state index contributed by atoms with van der Waals surface area (Å²) in [6.07, 6.45) is 3.95. The molecule has 3 rings (SSSR count). The highest BCUT2D eigenvalue weighted by Gasteiger charge is 2.24. The Morgan fingerprint density at radius 2 is 2.00 bits per heavy atom. The molecule has 4 nitrogen and oxygen atoms in total. The van der Waals surface area contributed by atoms with Crippen molar-refractivity contribution < 1.29 is 4.74 Å². The van der Waals surface area contributed by atoms with Gasteiger partial charge in [0.15, 0.2) is 0 Å². The standard InChI is InChI=1S/C17H27N3O/c1-3-19-9-5-4-6-16(19)15-7-8-17(18-14(15)2)20-10-12-21-13-11-20/h7-8,16H,3-6,9-13H2,1-2H3/t16-/m0/s1. The number of hydrogen-bond donors (Lipinski definition) is 0. The number of aromatic nitrogens is 1. The van der Waals surface area contributed by atoms with E-state index in [1.54, 1.807) is 0 Å². The molecule has 0 N–H and O–H groups in total. The van der Waals surface area contributed by atoms with E-state index in [1.807, 2.05) is 0 Å². The highest BCUT2D eigenvalue weighted by Crippen LogP contribution is 2.32. The summed E-state index contributed by atoms with van der Waals surface area (Å²) in [7, 11) is 0. The molecule has 116 valence electrons. The Balaban J connectivity index is 1.80. The van der Waals surface area contributed by atoms with Crippen molar-refractivity contribution in [3.05, 3.63) is 23.4 Å². The topological polar surface area (TPSA) is 28.6 Å². The molecule has 2 saturated heterocycles. The summed E-state index contributed by atoms with van der Waals surface area (Å²) in [6.45, 7) is 10.3. The first-order chi connectivity index (χ1) is 10.3. The van der Waals surface area contributed by atoms with Gasteiger partial charge in [-0.25, -0.2) is 4.98 Å². The lowest BCUT2D eigenvalue weighted by molar-refractivity contribution is 0.122. The minimum atomic E-state index is 0.565. The minimum absolute atomic E-state index is 0.565. The number of piperidine rings is 1. The molecule has 2 fully saturated rings. The predicted molar refractivity (Wildman–Crippen MR) is 85.8 cm³/mol. The minimum Gasteiger partial charge on any atom is -0.378 e. The summed E-state index contributed by atoms with van der Waals surface area (Å²) in [4.78, 5) is 9.82. The van der Waals surface area contributed by atoms with Crippen LogP contribution in [0.5, 0.6) is 0 Å². The fourth-order valence-corrected chi connectivity index (χ4v) is 3.60. The second-order valence-electron chi connectivity index (χ2n) is 6.08. The fourth-order valence-electron chi connectivity index (χ4n) is 3.60. The van der Waals surface area contributed by atoms with Gasteiger partial charge in [-0.1, -0.05) is 19.4 Å². The highest BCUT2D eigenvalue weighted by molar-refractivity contribution is 5.42. The van der Waals surface area contributed by atoms with E-state index < -0.39 is 0 Å². The Morgan fingerprint density at radius 1 is 1.19 bits per heavy atom. The largest absolute Gasteiger partial charge is 0.378 e. The van der Waals surface area contributed by atoms with Crippen LogP contribution in [0.1, 0.15) is 43.5 Å². The maximum atomic E-state index is 5.42. The van der Waals surface area contributed by atoms with Crippen molar-refractivity contribution in [3.63, 3.8) is 0 Å².